The van der Waals surface area contributed by atoms with Gasteiger partial charge in [-0.15, -0.1) is 0 Å². The van der Waals surface area contributed by atoms with E-state index in [-0.39, 0.29) is 29.7 Å². The second-order valence-electron chi connectivity index (χ2n) is 4.59. The highest BCUT2D eigenvalue weighted by Crippen LogP contribution is 2.21. The smallest absolute Gasteiger partial charge is 0.337 e. The van der Waals surface area contributed by atoms with E-state index in [2.05, 4.69) is 10.0 Å². The van der Waals surface area contributed by atoms with E-state index in [0.29, 0.717) is 5.69 Å². The number of rotatable bonds is 8. The van der Waals surface area contributed by atoms with Crippen molar-refractivity contribution in [2.45, 2.75) is 31.2 Å². The zero-order valence-electron chi connectivity index (χ0n) is 12.0. The van der Waals surface area contributed by atoms with E-state index in [1.165, 1.54) is 12.1 Å². The van der Waals surface area contributed by atoms with E-state index in [1.54, 1.807) is 0 Å². The lowest BCUT2D eigenvalue weighted by Gasteiger charge is -2.16. The highest BCUT2D eigenvalue weighted by atomic mass is 32.2. The first-order valence-electron chi connectivity index (χ1n) is 6.56. The van der Waals surface area contributed by atoms with Crippen LogP contribution in [0.3, 0.4) is 0 Å². The molecule has 0 amide bonds. The molecule has 0 aromatic heterocycles. The van der Waals surface area contributed by atoms with E-state index in [4.69, 9.17) is 5.11 Å². The average molecular weight is 316 g/mol. The van der Waals surface area contributed by atoms with Gasteiger partial charge in [-0.25, -0.2) is 17.9 Å². The number of carboxylic acids is 1. The predicted molar refractivity (Wildman–Crippen MR) is 79.1 cm³/mol. The number of benzene rings is 1. The SMILES string of the molecule is CCC(C)Nc1ccc(S(=O)(=O)NCCO)cc1C(=O)O. The van der Waals surface area contributed by atoms with Gasteiger partial charge in [-0.05, 0) is 31.5 Å². The molecule has 0 aliphatic heterocycles. The summed E-state index contributed by atoms with van der Waals surface area (Å²) in [6.07, 6.45) is 0.803. The Morgan fingerprint density at radius 1 is 1.38 bits per heavy atom. The van der Waals surface area contributed by atoms with E-state index >= 15 is 0 Å². The topological polar surface area (TPSA) is 116 Å². The van der Waals surface area contributed by atoms with Crippen LogP contribution in [0.15, 0.2) is 23.1 Å². The lowest BCUT2D eigenvalue weighted by atomic mass is 10.1. The van der Waals surface area contributed by atoms with Crippen LogP contribution in [0.5, 0.6) is 0 Å². The largest absolute Gasteiger partial charge is 0.478 e. The lowest BCUT2D eigenvalue weighted by Crippen LogP contribution is -2.27. The molecule has 0 bridgehead atoms. The van der Waals surface area contributed by atoms with Crippen LogP contribution < -0.4 is 10.0 Å². The molecule has 0 fully saturated rings. The number of anilines is 1. The highest BCUT2D eigenvalue weighted by Gasteiger charge is 2.19. The summed E-state index contributed by atoms with van der Waals surface area (Å²) < 4.78 is 26.0. The number of nitrogens with one attached hydrogen (secondary N) is 2. The first-order valence-corrected chi connectivity index (χ1v) is 8.04. The van der Waals surface area contributed by atoms with Gasteiger partial charge in [0, 0.05) is 18.3 Å². The van der Waals surface area contributed by atoms with Gasteiger partial charge in [-0.1, -0.05) is 6.92 Å². The first kappa shape index (κ1) is 17.4. The summed E-state index contributed by atoms with van der Waals surface area (Å²) >= 11 is 0. The van der Waals surface area contributed by atoms with Crippen LogP contribution in [0.25, 0.3) is 0 Å². The summed E-state index contributed by atoms with van der Waals surface area (Å²) in [4.78, 5) is 11.1. The normalized spacial score (nSPS) is 12.9. The third-order valence-electron chi connectivity index (χ3n) is 2.95. The Hall–Kier alpha value is -1.64. The van der Waals surface area contributed by atoms with Gasteiger partial charge in [-0.2, -0.15) is 0 Å². The summed E-state index contributed by atoms with van der Waals surface area (Å²) in [5.74, 6) is -1.21. The summed E-state index contributed by atoms with van der Waals surface area (Å²) in [5.41, 5.74) is 0.264. The van der Waals surface area contributed by atoms with Gasteiger partial charge >= 0.3 is 5.97 Å². The van der Waals surface area contributed by atoms with E-state index in [1.807, 2.05) is 13.8 Å². The molecule has 0 radical (unpaired) electrons. The summed E-state index contributed by atoms with van der Waals surface area (Å²) in [7, 11) is -3.83. The Balaban J connectivity index is 3.17. The molecule has 0 aliphatic rings. The Bertz CT molecular complexity index is 601. The van der Waals surface area contributed by atoms with Crippen molar-refractivity contribution in [1.29, 1.82) is 0 Å². The van der Waals surface area contributed by atoms with Gasteiger partial charge in [0.05, 0.1) is 17.1 Å². The van der Waals surface area contributed by atoms with Gasteiger partial charge in [0.15, 0.2) is 0 Å². The van der Waals surface area contributed by atoms with Crippen LogP contribution in [-0.4, -0.2) is 43.8 Å². The molecule has 1 aromatic rings. The Morgan fingerprint density at radius 2 is 2.05 bits per heavy atom. The van der Waals surface area contributed by atoms with Crippen LogP contribution in [0.4, 0.5) is 5.69 Å². The van der Waals surface area contributed by atoms with Crippen LogP contribution >= 0.6 is 0 Å². The van der Waals surface area contributed by atoms with Gasteiger partial charge in [-0.3, -0.25) is 0 Å². The van der Waals surface area contributed by atoms with Crippen molar-refractivity contribution in [3.63, 3.8) is 0 Å². The Morgan fingerprint density at radius 3 is 2.57 bits per heavy atom. The van der Waals surface area contributed by atoms with Crippen molar-refractivity contribution in [3.8, 4) is 0 Å². The molecule has 1 aromatic carbocycles. The minimum absolute atomic E-state index is 0.0677. The van der Waals surface area contributed by atoms with Crippen molar-refractivity contribution in [1.82, 2.24) is 4.72 Å². The minimum Gasteiger partial charge on any atom is -0.478 e. The lowest BCUT2D eigenvalue weighted by molar-refractivity contribution is 0.0697. The number of carbonyl (C=O) groups is 1. The number of aliphatic hydroxyl groups is 1. The van der Waals surface area contributed by atoms with Gasteiger partial charge in [0.1, 0.15) is 0 Å². The van der Waals surface area contributed by atoms with Crippen molar-refractivity contribution in [2.75, 3.05) is 18.5 Å². The first-order chi connectivity index (χ1) is 9.81. The van der Waals surface area contributed by atoms with Crippen molar-refractivity contribution >= 4 is 21.7 Å². The molecule has 118 valence electrons. The fourth-order valence-corrected chi connectivity index (χ4v) is 2.67. The van der Waals surface area contributed by atoms with E-state index in [9.17, 15) is 18.3 Å². The van der Waals surface area contributed by atoms with E-state index < -0.39 is 16.0 Å². The van der Waals surface area contributed by atoms with E-state index in [0.717, 1.165) is 12.5 Å². The van der Waals surface area contributed by atoms with Gasteiger partial charge in [0.25, 0.3) is 0 Å². The van der Waals surface area contributed by atoms with Crippen molar-refractivity contribution in [2.24, 2.45) is 0 Å². The molecule has 21 heavy (non-hydrogen) atoms. The van der Waals surface area contributed by atoms with Crippen LogP contribution in [0, 0.1) is 0 Å². The summed E-state index contributed by atoms with van der Waals surface area (Å²) in [5, 5.41) is 20.9. The maximum absolute atomic E-state index is 11.9. The number of sulfonamides is 1. The standard InChI is InChI=1S/C13H20N2O5S/c1-3-9(2)15-12-5-4-10(8-11(12)13(17)18)21(19,20)14-6-7-16/h4-5,8-9,14-16H,3,6-7H2,1-2H3,(H,17,18). The molecule has 1 unspecified atom stereocenters. The molecular weight excluding hydrogens is 296 g/mol. The monoisotopic (exact) mass is 316 g/mol. The number of hydrogen-bond acceptors (Lipinski definition) is 5. The zero-order valence-corrected chi connectivity index (χ0v) is 12.8. The molecule has 0 saturated carbocycles. The molecule has 0 heterocycles. The second-order valence-corrected chi connectivity index (χ2v) is 6.35. The fraction of sp³-hybridized carbons (Fsp3) is 0.462. The molecule has 0 spiro atoms. The number of aromatic carboxylic acids is 1. The molecule has 1 rings (SSSR count). The zero-order chi connectivity index (χ0) is 16.0. The third-order valence-corrected chi connectivity index (χ3v) is 4.41. The maximum Gasteiger partial charge on any atom is 0.337 e. The highest BCUT2D eigenvalue weighted by molar-refractivity contribution is 7.89. The van der Waals surface area contributed by atoms with Gasteiger partial charge < -0.3 is 15.5 Å². The van der Waals surface area contributed by atoms with Crippen LogP contribution in [-0.2, 0) is 10.0 Å². The third kappa shape index (κ3) is 4.69. The quantitative estimate of drug-likeness (QED) is 0.565. The average Bonchev–Trinajstić information content (AvgIpc) is 2.44. The second kappa shape index (κ2) is 7.39. The minimum atomic E-state index is -3.83. The van der Waals surface area contributed by atoms with Crippen molar-refractivity contribution in [3.05, 3.63) is 23.8 Å². The summed E-state index contributed by atoms with van der Waals surface area (Å²) in [6, 6.07) is 3.94. The van der Waals surface area contributed by atoms with Crippen LogP contribution in [0.1, 0.15) is 30.6 Å². The molecule has 1 atom stereocenters. The Kier molecular flexibility index (Phi) is 6.13. The predicted octanol–water partition coefficient (Wildman–Crippen LogP) is 0.866. The van der Waals surface area contributed by atoms with Crippen LogP contribution in [0.2, 0.25) is 0 Å². The maximum atomic E-state index is 11.9. The van der Waals surface area contributed by atoms with Crippen molar-refractivity contribution < 1.29 is 23.4 Å². The number of carboxylic acid groups (broad SMARTS) is 1. The van der Waals surface area contributed by atoms with Gasteiger partial charge in [0.2, 0.25) is 10.0 Å². The fourth-order valence-electron chi connectivity index (χ4n) is 1.62. The molecular formula is C13H20N2O5S. The Labute approximate surface area is 124 Å². The summed E-state index contributed by atoms with van der Waals surface area (Å²) in [6.45, 7) is 3.39. The molecule has 4 N–H and O–H groups in total. The molecule has 0 aliphatic carbocycles. The molecule has 8 heteroatoms. The molecule has 0 saturated heterocycles. The number of aliphatic hydroxyl groups excluding tert-OH is 1. The molecule has 7 nitrogen and oxygen atoms in total. The number of hydrogen-bond donors (Lipinski definition) is 4.